The standard InChI is InChI=1S/C15H22N2O2/c1-10-6-11(2)9-17(8-10)15(18)13-7-12(16)4-5-14(13)19-3/h4-5,7,10-11H,6,8-9,16H2,1-3H3/t10-,11+. The van der Waals surface area contributed by atoms with E-state index in [0.29, 0.717) is 28.8 Å². The van der Waals surface area contributed by atoms with Crippen LogP contribution in [0.25, 0.3) is 0 Å². The number of carbonyl (C=O) groups is 1. The van der Waals surface area contributed by atoms with E-state index in [4.69, 9.17) is 10.5 Å². The first-order valence-electron chi connectivity index (χ1n) is 6.74. The van der Waals surface area contributed by atoms with Gasteiger partial charge in [-0.05, 0) is 36.5 Å². The van der Waals surface area contributed by atoms with E-state index in [1.165, 1.54) is 6.42 Å². The van der Waals surface area contributed by atoms with Crippen LogP contribution < -0.4 is 10.5 Å². The molecular formula is C15H22N2O2. The maximum atomic E-state index is 12.6. The summed E-state index contributed by atoms with van der Waals surface area (Å²) in [5, 5.41) is 0. The van der Waals surface area contributed by atoms with Crippen molar-refractivity contribution in [3.05, 3.63) is 23.8 Å². The molecule has 0 radical (unpaired) electrons. The van der Waals surface area contributed by atoms with E-state index in [9.17, 15) is 4.79 Å². The SMILES string of the molecule is COc1ccc(N)cc1C(=O)N1C[C@H](C)C[C@H](C)C1. The number of nitrogen functional groups attached to an aromatic ring is 1. The Hall–Kier alpha value is -1.71. The Morgan fingerprint density at radius 3 is 2.53 bits per heavy atom. The molecule has 4 heteroatoms. The topological polar surface area (TPSA) is 55.6 Å². The fourth-order valence-electron chi connectivity index (χ4n) is 2.89. The van der Waals surface area contributed by atoms with Crippen LogP contribution in [0.4, 0.5) is 5.69 Å². The molecule has 1 amide bonds. The zero-order valence-electron chi connectivity index (χ0n) is 11.8. The van der Waals surface area contributed by atoms with Crippen molar-refractivity contribution in [2.75, 3.05) is 25.9 Å². The first-order valence-corrected chi connectivity index (χ1v) is 6.74. The van der Waals surface area contributed by atoms with E-state index < -0.39 is 0 Å². The van der Waals surface area contributed by atoms with Crippen molar-refractivity contribution >= 4 is 11.6 Å². The van der Waals surface area contributed by atoms with Crippen molar-refractivity contribution in [1.29, 1.82) is 0 Å². The molecule has 1 aromatic rings. The zero-order valence-corrected chi connectivity index (χ0v) is 11.8. The van der Waals surface area contributed by atoms with Crippen molar-refractivity contribution in [2.45, 2.75) is 20.3 Å². The number of rotatable bonds is 2. The van der Waals surface area contributed by atoms with E-state index in [-0.39, 0.29) is 5.91 Å². The maximum absolute atomic E-state index is 12.6. The highest BCUT2D eigenvalue weighted by Gasteiger charge is 2.27. The summed E-state index contributed by atoms with van der Waals surface area (Å²) in [6, 6.07) is 5.20. The predicted molar refractivity (Wildman–Crippen MR) is 76.3 cm³/mol. The molecule has 1 aliphatic heterocycles. The molecule has 0 unspecified atom stereocenters. The lowest BCUT2D eigenvalue weighted by Crippen LogP contribution is -2.42. The lowest BCUT2D eigenvalue weighted by molar-refractivity contribution is 0.0620. The Labute approximate surface area is 114 Å². The Morgan fingerprint density at radius 2 is 1.95 bits per heavy atom. The number of carbonyl (C=O) groups excluding carboxylic acids is 1. The quantitative estimate of drug-likeness (QED) is 0.833. The van der Waals surface area contributed by atoms with Gasteiger partial charge in [0.15, 0.2) is 0 Å². The van der Waals surface area contributed by atoms with Gasteiger partial charge in [-0.15, -0.1) is 0 Å². The Kier molecular flexibility index (Phi) is 3.98. The molecule has 104 valence electrons. The molecule has 0 aliphatic carbocycles. The molecule has 1 fully saturated rings. The third-order valence-corrected chi connectivity index (χ3v) is 3.61. The average molecular weight is 262 g/mol. The predicted octanol–water partition coefficient (Wildman–Crippen LogP) is 2.40. The van der Waals surface area contributed by atoms with Gasteiger partial charge >= 0.3 is 0 Å². The third kappa shape index (κ3) is 3.00. The van der Waals surface area contributed by atoms with Gasteiger partial charge in [0, 0.05) is 18.8 Å². The van der Waals surface area contributed by atoms with Gasteiger partial charge in [0.2, 0.25) is 0 Å². The number of amides is 1. The zero-order chi connectivity index (χ0) is 14.0. The van der Waals surface area contributed by atoms with Gasteiger partial charge < -0.3 is 15.4 Å². The number of likely N-dealkylation sites (tertiary alicyclic amines) is 1. The molecule has 4 nitrogen and oxygen atoms in total. The summed E-state index contributed by atoms with van der Waals surface area (Å²) in [5.74, 6) is 1.69. The normalized spacial score (nSPS) is 23.2. The molecule has 0 saturated carbocycles. The number of piperidine rings is 1. The van der Waals surface area contributed by atoms with Crippen molar-refractivity contribution < 1.29 is 9.53 Å². The van der Waals surface area contributed by atoms with Crippen LogP contribution in [0.2, 0.25) is 0 Å². The number of anilines is 1. The maximum Gasteiger partial charge on any atom is 0.257 e. The van der Waals surface area contributed by atoms with Crippen LogP contribution in [0.5, 0.6) is 5.75 Å². The Bertz CT molecular complexity index is 463. The second kappa shape index (κ2) is 5.51. The van der Waals surface area contributed by atoms with Crippen LogP contribution in [0.3, 0.4) is 0 Å². The largest absolute Gasteiger partial charge is 0.496 e. The van der Waals surface area contributed by atoms with E-state index >= 15 is 0 Å². The minimum atomic E-state index is 0.0163. The van der Waals surface area contributed by atoms with Gasteiger partial charge in [0.1, 0.15) is 5.75 Å². The van der Waals surface area contributed by atoms with Crippen molar-refractivity contribution in [3.8, 4) is 5.75 Å². The summed E-state index contributed by atoms with van der Waals surface area (Å²) in [7, 11) is 1.57. The molecule has 2 N–H and O–H groups in total. The second-order valence-electron chi connectivity index (χ2n) is 5.62. The summed E-state index contributed by atoms with van der Waals surface area (Å²) in [6.07, 6.45) is 1.18. The first kappa shape index (κ1) is 13.7. The molecule has 1 aliphatic rings. The van der Waals surface area contributed by atoms with Gasteiger partial charge in [-0.3, -0.25) is 4.79 Å². The van der Waals surface area contributed by atoms with Crippen molar-refractivity contribution in [2.24, 2.45) is 11.8 Å². The first-order chi connectivity index (χ1) is 9.01. The minimum absolute atomic E-state index is 0.0163. The molecule has 0 spiro atoms. The summed E-state index contributed by atoms with van der Waals surface area (Å²) in [6.45, 7) is 5.99. The van der Waals surface area contributed by atoms with E-state index in [0.717, 1.165) is 13.1 Å². The number of benzene rings is 1. The Morgan fingerprint density at radius 1 is 1.32 bits per heavy atom. The highest BCUT2D eigenvalue weighted by molar-refractivity contribution is 5.97. The highest BCUT2D eigenvalue weighted by Crippen LogP contribution is 2.27. The van der Waals surface area contributed by atoms with Gasteiger partial charge in [0.05, 0.1) is 12.7 Å². The smallest absolute Gasteiger partial charge is 0.257 e. The number of nitrogens with zero attached hydrogens (tertiary/aromatic N) is 1. The number of methoxy groups -OCH3 is 1. The minimum Gasteiger partial charge on any atom is -0.496 e. The molecule has 2 rings (SSSR count). The van der Waals surface area contributed by atoms with Gasteiger partial charge in [-0.1, -0.05) is 13.8 Å². The van der Waals surface area contributed by atoms with Crippen LogP contribution in [-0.2, 0) is 0 Å². The van der Waals surface area contributed by atoms with Gasteiger partial charge in [-0.25, -0.2) is 0 Å². The molecule has 1 saturated heterocycles. The lowest BCUT2D eigenvalue weighted by Gasteiger charge is -2.35. The molecule has 0 bridgehead atoms. The molecular weight excluding hydrogens is 240 g/mol. The van der Waals surface area contributed by atoms with Gasteiger partial charge in [-0.2, -0.15) is 0 Å². The summed E-state index contributed by atoms with van der Waals surface area (Å²) in [4.78, 5) is 14.5. The van der Waals surface area contributed by atoms with Crippen LogP contribution >= 0.6 is 0 Å². The highest BCUT2D eigenvalue weighted by atomic mass is 16.5. The lowest BCUT2D eigenvalue weighted by atomic mass is 9.91. The molecule has 0 aromatic heterocycles. The monoisotopic (exact) mass is 262 g/mol. The third-order valence-electron chi connectivity index (χ3n) is 3.61. The summed E-state index contributed by atoms with van der Waals surface area (Å²) in [5.41, 5.74) is 6.92. The summed E-state index contributed by atoms with van der Waals surface area (Å²) < 4.78 is 5.26. The number of hydrogen-bond donors (Lipinski definition) is 1. The number of nitrogens with two attached hydrogens (primary N) is 1. The van der Waals surface area contributed by atoms with E-state index in [1.807, 2.05) is 4.90 Å². The average Bonchev–Trinajstić information content (AvgIpc) is 2.36. The fourth-order valence-corrected chi connectivity index (χ4v) is 2.89. The molecule has 19 heavy (non-hydrogen) atoms. The number of hydrogen-bond acceptors (Lipinski definition) is 3. The molecule has 1 heterocycles. The van der Waals surface area contributed by atoms with Crippen molar-refractivity contribution in [1.82, 2.24) is 4.90 Å². The van der Waals surface area contributed by atoms with E-state index in [1.54, 1.807) is 25.3 Å². The second-order valence-corrected chi connectivity index (χ2v) is 5.62. The van der Waals surface area contributed by atoms with Gasteiger partial charge in [0.25, 0.3) is 5.91 Å². The van der Waals surface area contributed by atoms with Crippen LogP contribution in [-0.4, -0.2) is 31.0 Å². The van der Waals surface area contributed by atoms with E-state index in [2.05, 4.69) is 13.8 Å². The molecule has 2 atom stereocenters. The van der Waals surface area contributed by atoms with Crippen LogP contribution in [0.1, 0.15) is 30.6 Å². The fraction of sp³-hybridized carbons (Fsp3) is 0.533. The van der Waals surface area contributed by atoms with Crippen LogP contribution in [0.15, 0.2) is 18.2 Å². The summed E-state index contributed by atoms with van der Waals surface area (Å²) >= 11 is 0. The Balaban J connectivity index is 2.26. The number of ether oxygens (including phenoxy) is 1. The van der Waals surface area contributed by atoms with Crippen LogP contribution in [0, 0.1) is 11.8 Å². The van der Waals surface area contributed by atoms with Crippen molar-refractivity contribution in [3.63, 3.8) is 0 Å². The molecule has 1 aromatic carbocycles.